The van der Waals surface area contributed by atoms with Crippen molar-refractivity contribution in [3.05, 3.63) is 23.8 Å². The topological polar surface area (TPSA) is 56.5 Å². The van der Waals surface area contributed by atoms with Gasteiger partial charge in [0, 0.05) is 18.6 Å². The molecule has 4 heteroatoms. The van der Waals surface area contributed by atoms with E-state index in [1.807, 2.05) is 18.2 Å². The molecule has 0 amide bonds. The number of hydrogen-bond donors (Lipinski definition) is 2. The van der Waals surface area contributed by atoms with Crippen LogP contribution in [0.3, 0.4) is 0 Å². The van der Waals surface area contributed by atoms with Gasteiger partial charge in [-0.05, 0) is 17.7 Å². The maximum atomic E-state index is 5.79. The van der Waals surface area contributed by atoms with Crippen molar-refractivity contribution in [2.24, 2.45) is 5.73 Å². The molecular formula is C13H20N2O2. The molecule has 2 rings (SSSR count). The molecule has 0 aliphatic carbocycles. The third-order valence-electron chi connectivity index (χ3n) is 2.74. The molecule has 0 radical (unpaired) electrons. The van der Waals surface area contributed by atoms with Crippen molar-refractivity contribution >= 4 is 0 Å². The fraction of sp³-hybridized carbons (Fsp3) is 0.538. The highest BCUT2D eigenvalue weighted by Crippen LogP contribution is 2.32. The van der Waals surface area contributed by atoms with Gasteiger partial charge in [0.05, 0.1) is 0 Å². The van der Waals surface area contributed by atoms with Gasteiger partial charge < -0.3 is 20.5 Å². The highest BCUT2D eigenvalue weighted by Gasteiger charge is 2.16. The summed E-state index contributed by atoms with van der Waals surface area (Å²) in [6.07, 6.45) is 0. The minimum atomic E-state index is 0.158. The van der Waals surface area contributed by atoms with Crippen LogP contribution in [0.2, 0.25) is 0 Å². The Hall–Kier alpha value is -1.26. The Labute approximate surface area is 102 Å². The first-order valence-electron chi connectivity index (χ1n) is 6.06. The third kappa shape index (κ3) is 2.90. The minimum Gasteiger partial charge on any atom is -0.486 e. The summed E-state index contributed by atoms with van der Waals surface area (Å²) < 4.78 is 11.1. The maximum Gasteiger partial charge on any atom is 0.161 e. The minimum absolute atomic E-state index is 0.158. The van der Waals surface area contributed by atoms with Gasteiger partial charge in [0.1, 0.15) is 13.2 Å². The molecule has 94 valence electrons. The third-order valence-corrected chi connectivity index (χ3v) is 2.74. The molecule has 1 atom stereocenters. The molecule has 1 unspecified atom stereocenters. The molecule has 0 bridgehead atoms. The van der Waals surface area contributed by atoms with Crippen LogP contribution in [-0.4, -0.2) is 25.8 Å². The van der Waals surface area contributed by atoms with Gasteiger partial charge in [0.25, 0.3) is 0 Å². The Morgan fingerprint density at radius 1 is 1.24 bits per heavy atom. The quantitative estimate of drug-likeness (QED) is 0.831. The second-order valence-corrected chi connectivity index (χ2v) is 4.51. The van der Waals surface area contributed by atoms with Gasteiger partial charge in [-0.3, -0.25) is 0 Å². The van der Waals surface area contributed by atoms with E-state index in [1.54, 1.807) is 0 Å². The average molecular weight is 236 g/mol. The fourth-order valence-electron chi connectivity index (χ4n) is 1.98. The van der Waals surface area contributed by atoms with Crippen molar-refractivity contribution < 1.29 is 9.47 Å². The Balaban J connectivity index is 2.19. The van der Waals surface area contributed by atoms with E-state index < -0.39 is 0 Å². The molecule has 0 spiro atoms. The van der Waals surface area contributed by atoms with Crippen molar-refractivity contribution in [1.29, 1.82) is 0 Å². The molecule has 4 nitrogen and oxygen atoms in total. The van der Waals surface area contributed by atoms with Crippen LogP contribution in [0.25, 0.3) is 0 Å². The molecule has 0 saturated heterocycles. The number of fused-ring (bicyclic) bond motifs is 1. The first kappa shape index (κ1) is 12.2. The number of nitrogens with one attached hydrogen (secondary N) is 1. The average Bonchev–Trinajstić information content (AvgIpc) is 2.35. The van der Waals surface area contributed by atoms with Gasteiger partial charge in [0.2, 0.25) is 0 Å². The molecule has 1 aromatic rings. The van der Waals surface area contributed by atoms with Crippen LogP contribution in [0.5, 0.6) is 11.5 Å². The lowest BCUT2D eigenvalue weighted by Gasteiger charge is -2.23. The summed E-state index contributed by atoms with van der Waals surface area (Å²) in [6, 6.07) is 6.57. The molecule has 17 heavy (non-hydrogen) atoms. The zero-order chi connectivity index (χ0) is 12.3. The summed E-state index contributed by atoms with van der Waals surface area (Å²) in [4.78, 5) is 0. The molecule has 3 N–H and O–H groups in total. The number of rotatable bonds is 4. The first-order valence-corrected chi connectivity index (χ1v) is 6.06. The lowest BCUT2D eigenvalue weighted by atomic mass is 10.1. The number of nitrogens with two attached hydrogens (primary N) is 1. The van der Waals surface area contributed by atoms with E-state index in [-0.39, 0.29) is 6.04 Å². The molecule has 0 aromatic heterocycles. The van der Waals surface area contributed by atoms with Crippen LogP contribution >= 0.6 is 0 Å². The molecular weight excluding hydrogens is 216 g/mol. The molecule has 1 heterocycles. The number of benzene rings is 1. The van der Waals surface area contributed by atoms with E-state index in [1.165, 1.54) is 0 Å². The van der Waals surface area contributed by atoms with E-state index in [0.29, 0.717) is 25.8 Å². The van der Waals surface area contributed by atoms with Gasteiger partial charge >= 0.3 is 0 Å². The van der Waals surface area contributed by atoms with E-state index in [9.17, 15) is 0 Å². The van der Waals surface area contributed by atoms with Crippen molar-refractivity contribution in [2.45, 2.75) is 25.9 Å². The number of ether oxygens (including phenoxy) is 2. The summed E-state index contributed by atoms with van der Waals surface area (Å²) in [6.45, 7) is 6.03. The molecule has 0 saturated carbocycles. The second-order valence-electron chi connectivity index (χ2n) is 4.51. The zero-order valence-corrected chi connectivity index (χ0v) is 10.4. The van der Waals surface area contributed by atoms with E-state index in [2.05, 4.69) is 19.2 Å². The summed E-state index contributed by atoms with van der Waals surface area (Å²) in [7, 11) is 0. The highest BCUT2D eigenvalue weighted by molar-refractivity contribution is 5.44. The largest absolute Gasteiger partial charge is 0.486 e. The monoisotopic (exact) mass is 236 g/mol. The van der Waals surface area contributed by atoms with Crippen LogP contribution in [0, 0.1) is 0 Å². The SMILES string of the molecule is CC(C)NC(CN)c1ccc2c(c1)OCCO2. The Morgan fingerprint density at radius 3 is 2.59 bits per heavy atom. The van der Waals surface area contributed by atoms with Crippen LogP contribution < -0.4 is 20.5 Å². The van der Waals surface area contributed by atoms with E-state index in [4.69, 9.17) is 15.2 Å². The smallest absolute Gasteiger partial charge is 0.161 e. The van der Waals surface area contributed by atoms with Crippen molar-refractivity contribution in [3.8, 4) is 11.5 Å². The van der Waals surface area contributed by atoms with Gasteiger partial charge in [-0.2, -0.15) is 0 Å². The van der Waals surface area contributed by atoms with Crippen molar-refractivity contribution in [2.75, 3.05) is 19.8 Å². The van der Waals surface area contributed by atoms with Gasteiger partial charge in [-0.1, -0.05) is 19.9 Å². The Bertz CT molecular complexity index is 380. The Morgan fingerprint density at radius 2 is 1.94 bits per heavy atom. The summed E-state index contributed by atoms with van der Waals surface area (Å²) in [5, 5.41) is 3.43. The maximum absolute atomic E-state index is 5.79. The lowest BCUT2D eigenvalue weighted by Crippen LogP contribution is -2.33. The van der Waals surface area contributed by atoms with Crippen LogP contribution in [-0.2, 0) is 0 Å². The Kier molecular flexibility index (Phi) is 3.86. The second kappa shape index (κ2) is 5.38. The van der Waals surface area contributed by atoms with Crippen molar-refractivity contribution in [3.63, 3.8) is 0 Å². The predicted octanol–water partition coefficient (Wildman–Crippen LogP) is 1.46. The van der Waals surface area contributed by atoms with Crippen molar-refractivity contribution in [1.82, 2.24) is 5.32 Å². The molecule has 1 aromatic carbocycles. The predicted molar refractivity (Wildman–Crippen MR) is 67.5 cm³/mol. The standard InChI is InChI=1S/C13H20N2O2/c1-9(2)15-11(8-14)10-3-4-12-13(7-10)17-6-5-16-12/h3-4,7,9,11,15H,5-6,8,14H2,1-2H3. The summed E-state index contributed by atoms with van der Waals surface area (Å²) in [5.41, 5.74) is 6.94. The number of hydrogen-bond acceptors (Lipinski definition) is 4. The van der Waals surface area contributed by atoms with Gasteiger partial charge in [-0.25, -0.2) is 0 Å². The lowest BCUT2D eigenvalue weighted by molar-refractivity contribution is 0.171. The summed E-state index contributed by atoms with van der Waals surface area (Å²) >= 11 is 0. The van der Waals surface area contributed by atoms with Gasteiger partial charge in [0.15, 0.2) is 11.5 Å². The molecule has 1 aliphatic heterocycles. The van der Waals surface area contributed by atoms with Crippen LogP contribution in [0.15, 0.2) is 18.2 Å². The summed E-state index contributed by atoms with van der Waals surface area (Å²) in [5.74, 6) is 1.64. The van der Waals surface area contributed by atoms with Crippen LogP contribution in [0.1, 0.15) is 25.5 Å². The molecule has 1 aliphatic rings. The highest BCUT2D eigenvalue weighted by atomic mass is 16.6. The first-order chi connectivity index (χ1) is 8.20. The van der Waals surface area contributed by atoms with E-state index in [0.717, 1.165) is 17.1 Å². The van der Waals surface area contributed by atoms with Gasteiger partial charge in [-0.15, -0.1) is 0 Å². The molecule has 0 fully saturated rings. The van der Waals surface area contributed by atoms with Crippen LogP contribution in [0.4, 0.5) is 0 Å². The van der Waals surface area contributed by atoms with E-state index >= 15 is 0 Å². The zero-order valence-electron chi connectivity index (χ0n) is 10.4. The fourth-order valence-corrected chi connectivity index (χ4v) is 1.98. The normalized spacial score (nSPS) is 16.0.